The number of pyridine rings is 1. The van der Waals surface area contributed by atoms with Crippen molar-refractivity contribution in [1.29, 1.82) is 0 Å². The Kier molecular flexibility index (Phi) is 4.49. The van der Waals surface area contributed by atoms with Gasteiger partial charge in [-0.3, -0.25) is 0 Å². The molecule has 2 rings (SSSR count). The second kappa shape index (κ2) is 6.11. The number of halogens is 1. The predicted molar refractivity (Wildman–Crippen MR) is 75.8 cm³/mol. The molecule has 0 spiro atoms. The molecular formula is C13H17BrN4. The van der Waals surface area contributed by atoms with Crippen LogP contribution >= 0.6 is 15.9 Å². The van der Waals surface area contributed by atoms with Gasteiger partial charge in [-0.1, -0.05) is 13.0 Å². The van der Waals surface area contributed by atoms with Crippen LogP contribution in [0.5, 0.6) is 0 Å². The number of rotatable bonds is 5. The van der Waals surface area contributed by atoms with Gasteiger partial charge in [0.2, 0.25) is 0 Å². The van der Waals surface area contributed by atoms with Crippen LogP contribution in [0.1, 0.15) is 24.6 Å². The molecule has 0 aliphatic carbocycles. The van der Waals surface area contributed by atoms with E-state index in [2.05, 4.69) is 44.3 Å². The van der Waals surface area contributed by atoms with Crippen molar-refractivity contribution in [3.8, 4) is 5.82 Å². The van der Waals surface area contributed by atoms with Crippen LogP contribution in [0.15, 0.2) is 29.0 Å². The molecule has 5 heteroatoms. The van der Waals surface area contributed by atoms with Gasteiger partial charge in [-0.15, -0.1) is 0 Å². The van der Waals surface area contributed by atoms with E-state index in [0.29, 0.717) is 0 Å². The quantitative estimate of drug-likeness (QED) is 0.864. The van der Waals surface area contributed by atoms with E-state index >= 15 is 0 Å². The van der Waals surface area contributed by atoms with Crippen molar-refractivity contribution in [2.75, 3.05) is 6.54 Å². The minimum Gasteiger partial charge on any atom is -0.313 e. The van der Waals surface area contributed by atoms with Gasteiger partial charge in [0.25, 0.3) is 0 Å². The Morgan fingerprint density at radius 1 is 1.39 bits per heavy atom. The number of nitrogens with one attached hydrogen (secondary N) is 1. The van der Waals surface area contributed by atoms with Gasteiger partial charge in [-0.2, -0.15) is 5.10 Å². The first-order valence-corrected chi connectivity index (χ1v) is 6.87. The van der Waals surface area contributed by atoms with Gasteiger partial charge in [-0.05, 0) is 47.4 Å². The molecule has 0 radical (unpaired) electrons. The van der Waals surface area contributed by atoms with E-state index in [-0.39, 0.29) is 0 Å². The minimum atomic E-state index is 0.845. The molecule has 0 atom stereocenters. The topological polar surface area (TPSA) is 42.7 Å². The summed E-state index contributed by atoms with van der Waals surface area (Å²) < 4.78 is 2.72. The van der Waals surface area contributed by atoms with Crippen LogP contribution in [0.2, 0.25) is 0 Å². The van der Waals surface area contributed by atoms with Crippen LogP contribution in [0, 0.1) is 6.92 Å². The van der Waals surface area contributed by atoms with Crippen LogP contribution in [0.25, 0.3) is 5.82 Å². The zero-order valence-electron chi connectivity index (χ0n) is 10.7. The Labute approximate surface area is 116 Å². The Morgan fingerprint density at radius 3 is 2.83 bits per heavy atom. The van der Waals surface area contributed by atoms with E-state index in [1.54, 1.807) is 10.9 Å². The molecular weight excluding hydrogens is 292 g/mol. The lowest BCUT2D eigenvalue weighted by molar-refractivity contribution is 0.670. The highest BCUT2D eigenvalue weighted by atomic mass is 79.9. The zero-order chi connectivity index (χ0) is 13.0. The number of aromatic nitrogens is 3. The summed E-state index contributed by atoms with van der Waals surface area (Å²) >= 11 is 3.38. The SMILES string of the molecule is CCCNCc1ccc(-n2cc(Br)cn2)nc1C. The summed E-state index contributed by atoms with van der Waals surface area (Å²) in [6.45, 7) is 6.10. The molecule has 96 valence electrons. The van der Waals surface area contributed by atoms with Gasteiger partial charge in [0.15, 0.2) is 5.82 Å². The highest BCUT2D eigenvalue weighted by Crippen LogP contribution is 2.13. The number of hydrogen-bond donors (Lipinski definition) is 1. The molecule has 0 saturated carbocycles. The van der Waals surface area contributed by atoms with E-state index < -0.39 is 0 Å². The van der Waals surface area contributed by atoms with Crippen molar-refractivity contribution in [2.45, 2.75) is 26.8 Å². The van der Waals surface area contributed by atoms with Crippen molar-refractivity contribution in [3.05, 3.63) is 40.3 Å². The molecule has 0 saturated heterocycles. The van der Waals surface area contributed by atoms with Gasteiger partial charge >= 0.3 is 0 Å². The molecule has 2 aromatic rings. The third-order valence-corrected chi connectivity index (χ3v) is 3.12. The van der Waals surface area contributed by atoms with Gasteiger partial charge in [-0.25, -0.2) is 9.67 Å². The standard InChI is InChI=1S/C13H17BrN4/c1-3-6-15-7-11-4-5-13(17-10(11)2)18-9-12(14)8-16-18/h4-5,8-9,15H,3,6-7H2,1-2H3. The largest absolute Gasteiger partial charge is 0.313 e. The van der Waals surface area contributed by atoms with Crippen molar-refractivity contribution < 1.29 is 0 Å². The molecule has 0 amide bonds. The fourth-order valence-corrected chi connectivity index (χ4v) is 2.00. The van der Waals surface area contributed by atoms with E-state index in [4.69, 9.17) is 0 Å². The Bertz CT molecular complexity index is 521. The van der Waals surface area contributed by atoms with Crippen LogP contribution in [-0.4, -0.2) is 21.3 Å². The fourth-order valence-electron chi connectivity index (χ4n) is 1.72. The molecule has 0 unspecified atom stereocenters. The van der Waals surface area contributed by atoms with Crippen LogP contribution < -0.4 is 5.32 Å². The predicted octanol–water partition coefficient (Wildman–Crippen LogP) is 2.84. The van der Waals surface area contributed by atoms with Crippen molar-refractivity contribution in [3.63, 3.8) is 0 Å². The Morgan fingerprint density at radius 2 is 2.22 bits per heavy atom. The summed E-state index contributed by atoms with van der Waals surface area (Å²) in [7, 11) is 0. The first-order valence-electron chi connectivity index (χ1n) is 6.08. The first-order chi connectivity index (χ1) is 8.70. The van der Waals surface area contributed by atoms with E-state index in [0.717, 1.165) is 35.5 Å². The minimum absolute atomic E-state index is 0.845. The summed E-state index contributed by atoms with van der Waals surface area (Å²) in [5.74, 6) is 0.845. The lowest BCUT2D eigenvalue weighted by Gasteiger charge is -2.08. The van der Waals surface area contributed by atoms with Crippen LogP contribution in [0.3, 0.4) is 0 Å². The zero-order valence-corrected chi connectivity index (χ0v) is 12.2. The maximum absolute atomic E-state index is 4.58. The molecule has 18 heavy (non-hydrogen) atoms. The monoisotopic (exact) mass is 308 g/mol. The molecule has 1 N–H and O–H groups in total. The third-order valence-electron chi connectivity index (χ3n) is 2.71. The fraction of sp³-hybridized carbons (Fsp3) is 0.385. The maximum atomic E-state index is 4.58. The lowest BCUT2D eigenvalue weighted by Crippen LogP contribution is -2.15. The van der Waals surface area contributed by atoms with Crippen LogP contribution in [-0.2, 0) is 6.54 Å². The number of nitrogens with zero attached hydrogens (tertiary/aromatic N) is 3. The second-order valence-corrected chi connectivity index (χ2v) is 5.11. The van der Waals surface area contributed by atoms with E-state index in [9.17, 15) is 0 Å². The lowest BCUT2D eigenvalue weighted by atomic mass is 10.2. The summed E-state index contributed by atoms with van der Waals surface area (Å²) in [4.78, 5) is 4.58. The summed E-state index contributed by atoms with van der Waals surface area (Å²) in [6.07, 6.45) is 4.80. The average Bonchev–Trinajstić information content (AvgIpc) is 2.78. The number of aryl methyl sites for hydroxylation is 1. The molecule has 4 nitrogen and oxygen atoms in total. The molecule has 0 fully saturated rings. The molecule has 0 aliphatic heterocycles. The molecule has 0 aromatic carbocycles. The molecule has 2 aromatic heterocycles. The van der Waals surface area contributed by atoms with E-state index in [1.165, 1.54) is 5.56 Å². The average molecular weight is 309 g/mol. The highest BCUT2D eigenvalue weighted by molar-refractivity contribution is 9.10. The molecule has 0 bridgehead atoms. The first kappa shape index (κ1) is 13.2. The van der Waals surface area contributed by atoms with Gasteiger partial charge in [0.1, 0.15) is 0 Å². The Hall–Kier alpha value is -1.20. The number of hydrogen-bond acceptors (Lipinski definition) is 3. The van der Waals surface area contributed by atoms with Crippen molar-refractivity contribution in [2.24, 2.45) is 0 Å². The Balaban J connectivity index is 2.14. The normalized spacial score (nSPS) is 10.8. The van der Waals surface area contributed by atoms with Crippen molar-refractivity contribution >= 4 is 15.9 Å². The highest BCUT2D eigenvalue weighted by Gasteiger charge is 2.04. The van der Waals surface area contributed by atoms with Gasteiger partial charge in [0.05, 0.1) is 10.7 Å². The van der Waals surface area contributed by atoms with Crippen molar-refractivity contribution in [1.82, 2.24) is 20.1 Å². The summed E-state index contributed by atoms with van der Waals surface area (Å²) in [6, 6.07) is 4.10. The molecule has 2 heterocycles. The third kappa shape index (κ3) is 3.17. The second-order valence-electron chi connectivity index (χ2n) is 4.19. The summed E-state index contributed by atoms with van der Waals surface area (Å²) in [5.41, 5.74) is 2.28. The maximum Gasteiger partial charge on any atom is 0.153 e. The molecule has 0 aliphatic rings. The van der Waals surface area contributed by atoms with Crippen LogP contribution in [0.4, 0.5) is 0 Å². The van der Waals surface area contributed by atoms with Gasteiger partial charge in [0, 0.05) is 18.4 Å². The smallest absolute Gasteiger partial charge is 0.153 e. The van der Waals surface area contributed by atoms with Gasteiger partial charge < -0.3 is 5.32 Å². The summed E-state index contributed by atoms with van der Waals surface area (Å²) in [5, 5.41) is 7.61. The van der Waals surface area contributed by atoms with E-state index in [1.807, 2.05) is 19.2 Å².